The second kappa shape index (κ2) is 8.71. The SMILES string of the molecule is CCCCCC(CNC)Cc1ccccc1Br. The lowest BCUT2D eigenvalue weighted by atomic mass is 9.93. The summed E-state index contributed by atoms with van der Waals surface area (Å²) >= 11 is 3.64. The summed E-state index contributed by atoms with van der Waals surface area (Å²) in [6.07, 6.45) is 6.52. The van der Waals surface area contributed by atoms with E-state index in [1.165, 1.54) is 42.1 Å². The minimum Gasteiger partial charge on any atom is -0.319 e. The molecule has 1 N–H and O–H groups in total. The van der Waals surface area contributed by atoms with Crippen LogP contribution < -0.4 is 5.32 Å². The van der Waals surface area contributed by atoms with Crippen LogP contribution in [0.15, 0.2) is 28.7 Å². The van der Waals surface area contributed by atoms with E-state index in [9.17, 15) is 0 Å². The fourth-order valence-electron chi connectivity index (χ4n) is 2.22. The van der Waals surface area contributed by atoms with Crippen LogP contribution in [0.4, 0.5) is 0 Å². The van der Waals surface area contributed by atoms with Gasteiger partial charge in [-0.15, -0.1) is 0 Å². The maximum absolute atomic E-state index is 3.64. The molecule has 0 amide bonds. The van der Waals surface area contributed by atoms with E-state index in [0.29, 0.717) is 0 Å². The molecule has 0 saturated heterocycles. The molecule has 17 heavy (non-hydrogen) atoms. The summed E-state index contributed by atoms with van der Waals surface area (Å²) in [5, 5.41) is 3.32. The Kier molecular flexibility index (Phi) is 7.54. The van der Waals surface area contributed by atoms with Crippen LogP contribution in [0.3, 0.4) is 0 Å². The summed E-state index contributed by atoms with van der Waals surface area (Å²) in [6, 6.07) is 8.57. The topological polar surface area (TPSA) is 12.0 Å². The summed E-state index contributed by atoms with van der Waals surface area (Å²) < 4.78 is 1.25. The van der Waals surface area contributed by atoms with E-state index in [-0.39, 0.29) is 0 Å². The zero-order chi connectivity index (χ0) is 12.5. The van der Waals surface area contributed by atoms with Crippen molar-refractivity contribution >= 4 is 15.9 Å². The van der Waals surface area contributed by atoms with E-state index in [1.54, 1.807) is 0 Å². The lowest BCUT2D eigenvalue weighted by molar-refractivity contribution is 0.438. The van der Waals surface area contributed by atoms with Crippen LogP contribution in [0.5, 0.6) is 0 Å². The first-order valence-electron chi connectivity index (χ1n) is 6.66. The monoisotopic (exact) mass is 297 g/mol. The molecule has 1 atom stereocenters. The van der Waals surface area contributed by atoms with E-state index >= 15 is 0 Å². The van der Waals surface area contributed by atoms with Crippen molar-refractivity contribution in [3.05, 3.63) is 34.3 Å². The molecule has 1 nitrogen and oxygen atoms in total. The minimum atomic E-state index is 0.755. The Balaban J connectivity index is 2.50. The van der Waals surface area contributed by atoms with Crippen LogP contribution in [0.2, 0.25) is 0 Å². The van der Waals surface area contributed by atoms with Gasteiger partial charge in [-0.25, -0.2) is 0 Å². The summed E-state index contributed by atoms with van der Waals surface area (Å²) in [6.45, 7) is 3.38. The van der Waals surface area contributed by atoms with E-state index in [2.05, 4.69) is 52.4 Å². The molecular formula is C15H24BrN. The zero-order valence-corrected chi connectivity index (χ0v) is 12.6. The van der Waals surface area contributed by atoms with E-state index in [1.807, 2.05) is 7.05 Å². The third-order valence-corrected chi connectivity index (χ3v) is 3.95. The summed E-state index contributed by atoms with van der Waals surface area (Å²) in [7, 11) is 2.05. The molecule has 0 radical (unpaired) electrons. The zero-order valence-electron chi connectivity index (χ0n) is 11.0. The van der Waals surface area contributed by atoms with Crippen molar-refractivity contribution < 1.29 is 0 Å². The molecule has 0 fully saturated rings. The van der Waals surface area contributed by atoms with Gasteiger partial charge in [-0.05, 0) is 44.0 Å². The van der Waals surface area contributed by atoms with Crippen molar-refractivity contribution in [2.24, 2.45) is 5.92 Å². The third-order valence-electron chi connectivity index (χ3n) is 3.18. The maximum Gasteiger partial charge on any atom is 0.0207 e. The highest BCUT2D eigenvalue weighted by Crippen LogP contribution is 2.22. The number of halogens is 1. The fraction of sp³-hybridized carbons (Fsp3) is 0.600. The van der Waals surface area contributed by atoms with Gasteiger partial charge in [-0.2, -0.15) is 0 Å². The predicted molar refractivity (Wildman–Crippen MR) is 79.4 cm³/mol. The molecule has 96 valence electrons. The van der Waals surface area contributed by atoms with E-state index < -0.39 is 0 Å². The van der Waals surface area contributed by atoms with Crippen molar-refractivity contribution in [2.75, 3.05) is 13.6 Å². The van der Waals surface area contributed by atoms with Crippen molar-refractivity contribution in [1.29, 1.82) is 0 Å². The lowest BCUT2D eigenvalue weighted by Crippen LogP contribution is -2.21. The number of benzene rings is 1. The minimum absolute atomic E-state index is 0.755. The molecule has 1 aromatic carbocycles. The molecule has 0 bridgehead atoms. The molecule has 1 aromatic rings. The average molecular weight is 298 g/mol. The van der Waals surface area contributed by atoms with Crippen LogP contribution in [0.25, 0.3) is 0 Å². The highest BCUT2D eigenvalue weighted by Gasteiger charge is 2.10. The average Bonchev–Trinajstić information content (AvgIpc) is 2.32. The third kappa shape index (κ3) is 5.69. The van der Waals surface area contributed by atoms with Gasteiger partial charge in [0.05, 0.1) is 0 Å². The van der Waals surface area contributed by atoms with Gasteiger partial charge in [0.25, 0.3) is 0 Å². The number of nitrogens with one attached hydrogen (secondary N) is 1. The number of hydrogen-bond donors (Lipinski definition) is 1. The van der Waals surface area contributed by atoms with Crippen molar-refractivity contribution in [1.82, 2.24) is 5.32 Å². The van der Waals surface area contributed by atoms with E-state index in [4.69, 9.17) is 0 Å². The summed E-state index contributed by atoms with van der Waals surface area (Å²) in [4.78, 5) is 0. The van der Waals surface area contributed by atoms with Crippen molar-refractivity contribution in [2.45, 2.75) is 39.0 Å². The maximum atomic E-state index is 3.64. The predicted octanol–water partition coefficient (Wildman–Crippen LogP) is 4.41. The summed E-state index contributed by atoms with van der Waals surface area (Å²) in [5.74, 6) is 0.755. The highest BCUT2D eigenvalue weighted by atomic mass is 79.9. The van der Waals surface area contributed by atoms with Gasteiger partial charge in [-0.3, -0.25) is 0 Å². The standard InChI is InChI=1S/C15H24BrN/c1-3-4-5-8-13(12-17-2)11-14-9-6-7-10-15(14)16/h6-7,9-10,13,17H,3-5,8,11-12H2,1-2H3. The van der Waals surface area contributed by atoms with Crippen LogP contribution in [-0.2, 0) is 6.42 Å². The van der Waals surface area contributed by atoms with Crippen molar-refractivity contribution in [3.8, 4) is 0 Å². The highest BCUT2D eigenvalue weighted by molar-refractivity contribution is 9.10. The van der Waals surface area contributed by atoms with Gasteiger partial charge in [0.15, 0.2) is 0 Å². The van der Waals surface area contributed by atoms with Gasteiger partial charge >= 0.3 is 0 Å². The molecule has 0 spiro atoms. The normalized spacial score (nSPS) is 12.6. The molecule has 1 unspecified atom stereocenters. The van der Waals surface area contributed by atoms with Gasteiger partial charge in [0.2, 0.25) is 0 Å². The smallest absolute Gasteiger partial charge is 0.0207 e. The lowest BCUT2D eigenvalue weighted by Gasteiger charge is -2.17. The molecule has 0 saturated carbocycles. The van der Waals surface area contributed by atoms with Crippen LogP contribution in [0, 0.1) is 5.92 Å². The molecule has 0 aliphatic carbocycles. The van der Waals surface area contributed by atoms with Gasteiger partial charge < -0.3 is 5.32 Å². The molecule has 1 rings (SSSR count). The van der Waals surface area contributed by atoms with Gasteiger partial charge in [0.1, 0.15) is 0 Å². The van der Waals surface area contributed by atoms with E-state index in [0.717, 1.165) is 12.5 Å². The molecule has 0 aliphatic rings. The fourth-order valence-corrected chi connectivity index (χ4v) is 2.67. The Morgan fingerprint density at radius 2 is 2.00 bits per heavy atom. The van der Waals surface area contributed by atoms with Crippen LogP contribution >= 0.6 is 15.9 Å². The number of hydrogen-bond acceptors (Lipinski definition) is 1. The Bertz CT molecular complexity index is 312. The Hall–Kier alpha value is -0.340. The Labute approximate surface area is 114 Å². The summed E-state index contributed by atoms with van der Waals surface area (Å²) in [5.41, 5.74) is 1.43. The quantitative estimate of drug-likeness (QED) is 0.701. The molecule has 0 aromatic heterocycles. The van der Waals surface area contributed by atoms with Gasteiger partial charge in [-0.1, -0.05) is 60.3 Å². The number of rotatable bonds is 8. The van der Waals surface area contributed by atoms with Gasteiger partial charge in [0, 0.05) is 4.47 Å². The largest absolute Gasteiger partial charge is 0.319 e. The second-order valence-corrected chi connectivity index (χ2v) is 5.57. The van der Waals surface area contributed by atoms with Crippen LogP contribution in [0.1, 0.15) is 38.2 Å². The first-order chi connectivity index (χ1) is 8.27. The first kappa shape index (κ1) is 14.7. The number of unbranched alkanes of at least 4 members (excludes halogenated alkanes) is 2. The van der Waals surface area contributed by atoms with Crippen LogP contribution in [-0.4, -0.2) is 13.6 Å². The Morgan fingerprint density at radius 1 is 1.24 bits per heavy atom. The first-order valence-corrected chi connectivity index (χ1v) is 7.45. The second-order valence-electron chi connectivity index (χ2n) is 4.72. The molecule has 0 aliphatic heterocycles. The molecule has 2 heteroatoms. The van der Waals surface area contributed by atoms with Crippen molar-refractivity contribution in [3.63, 3.8) is 0 Å². The molecular weight excluding hydrogens is 274 g/mol. The Morgan fingerprint density at radius 3 is 2.65 bits per heavy atom. The molecule has 0 heterocycles.